The Hall–Kier alpha value is 0.200. The molecule has 0 heterocycles. The zero-order valence-corrected chi connectivity index (χ0v) is 10.5. The van der Waals surface area contributed by atoms with Crippen LogP contribution in [0.25, 0.3) is 0 Å². The second-order valence-electron chi connectivity index (χ2n) is 3.92. The highest BCUT2D eigenvalue weighted by Crippen LogP contribution is 2.26. The minimum atomic E-state index is 0. The van der Waals surface area contributed by atoms with Gasteiger partial charge in [0.25, 0.3) is 0 Å². The van der Waals surface area contributed by atoms with Crippen LogP contribution >= 0.6 is 24.4 Å². The quantitative estimate of drug-likeness (QED) is 0.465. The minimum Gasteiger partial charge on any atom is -0.318 e. The standard InChI is InChI=1S/C9H19N3S.ClH/c1-7-3-5-9(6-4-7)11-12-13-8(2)10;/h7-9H,3-6,10H2,1-2H3;1H. The molecular weight excluding hydrogens is 218 g/mol. The molecule has 14 heavy (non-hydrogen) atoms. The van der Waals surface area contributed by atoms with Crippen LogP contribution in [0.5, 0.6) is 0 Å². The number of nitrogens with zero attached hydrogens (tertiary/aromatic N) is 2. The molecule has 1 rings (SSSR count). The molecule has 1 fully saturated rings. The van der Waals surface area contributed by atoms with Crippen LogP contribution in [0.15, 0.2) is 9.63 Å². The lowest BCUT2D eigenvalue weighted by Gasteiger charge is -2.21. The fraction of sp³-hybridized carbons (Fsp3) is 1.00. The summed E-state index contributed by atoms with van der Waals surface area (Å²) in [5, 5.41) is 4.33. The summed E-state index contributed by atoms with van der Waals surface area (Å²) in [6.07, 6.45) is 4.99. The van der Waals surface area contributed by atoms with Gasteiger partial charge in [0, 0.05) is 11.9 Å². The van der Waals surface area contributed by atoms with E-state index in [2.05, 4.69) is 16.6 Å². The van der Waals surface area contributed by atoms with Gasteiger partial charge in [-0.15, -0.1) is 16.9 Å². The predicted molar refractivity (Wildman–Crippen MR) is 64.8 cm³/mol. The van der Waals surface area contributed by atoms with Crippen LogP contribution in [0.3, 0.4) is 0 Å². The maximum Gasteiger partial charge on any atom is 0.0719 e. The third-order valence-corrected chi connectivity index (χ3v) is 2.93. The largest absolute Gasteiger partial charge is 0.318 e. The van der Waals surface area contributed by atoms with Gasteiger partial charge in [0.05, 0.1) is 11.4 Å². The zero-order chi connectivity index (χ0) is 9.68. The molecule has 0 aliphatic heterocycles. The maximum absolute atomic E-state index is 5.54. The summed E-state index contributed by atoms with van der Waals surface area (Å²) in [6, 6.07) is 0.461. The van der Waals surface area contributed by atoms with Gasteiger partial charge >= 0.3 is 0 Å². The molecule has 1 aliphatic carbocycles. The summed E-state index contributed by atoms with van der Waals surface area (Å²) in [4.78, 5) is 0. The van der Waals surface area contributed by atoms with E-state index in [1.165, 1.54) is 37.6 Å². The van der Waals surface area contributed by atoms with E-state index in [4.69, 9.17) is 5.73 Å². The van der Waals surface area contributed by atoms with Gasteiger partial charge in [-0.3, -0.25) is 0 Å². The Morgan fingerprint density at radius 2 is 1.86 bits per heavy atom. The van der Waals surface area contributed by atoms with E-state index in [0.29, 0.717) is 6.04 Å². The van der Waals surface area contributed by atoms with E-state index in [1.54, 1.807) is 0 Å². The van der Waals surface area contributed by atoms with Crippen molar-refractivity contribution in [1.29, 1.82) is 0 Å². The molecule has 3 nitrogen and oxygen atoms in total. The topological polar surface area (TPSA) is 50.7 Å². The summed E-state index contributed by atoms with van der Waals surface area (Å²) < 4.78 is 4.04. The Balaban J connectivity index is 0.00000169. The van der Waals surface area contributed by atoms with Gasteiger partial charge in [0.1, 0.15) is 0 Å². The van der Waals surface area contributed by atoms with Crippen molar-refractivity contribution in [2.45, 2.75) is 50.9 Å². The molecule has 0 spiro atoms. The van der Waals surface area contributed by atoms with Crippen LogP contribution in [0.2, 0.25) is 0 Å². The summed E-state index contributed by atoms with van der Waals surface area (Å²) in [5.41, 5.74) is 5.54. The lowest BCUT2D eigenvalue weighted by Crippen LogP contribution is -2.14. The second kappa shape index (κ2) is 7.49. The molecule has 1 unspecified atom stereocenters. The Labute approximate surface area is 96.9 Å². The third-order valence-electron chi connectivity index (χ3n) is 2.41. The van der Waals surface area contributed by atoms with Gasteiger partial charge in [-0.05, 0) is 38.5 Å². The van der Waals surface area contributed by atoms with Gasteiger partial charge in [-0.1, -0.05) is 6.92 Å². The number of rotatable bonds is 3. The van der Waals surface area contributed by atoms with Crippen LogP contribution in [-0.2, 0) is 0 Å². The van der Waals surface area contributed by atoms with Crippen LogP contribution in [0, 0.1) is 5.92 Å². The fourth-order valence-electron chi connectivity index (χ4n) is 1.53. The Morgan fingerprint density at radius 1 is 1.29 bits per heavy atom. The van der Waals surface area contributed by atoms with E-state index < -0.39 is 0 Å². The molecule has 0 radical (unpaired) electrons. The second-order valence-corrected chi connectivity index (χ2v) is 5.04. The summed E-state index contributed by atoms with van der Waals surface area (Å²) >= 11 is 1.36. The van der Waals surface area contributed by atoms with Crippen molar-refractivity contribution >= 4 is 24.4 Å². The molecule has 0 aromatic rings. The maximum atomic E-state index is 5.54. The van der Waals surface area contributed by atoms with Crippen molar-refractivity contribution in [3.8, 4) is 0 Å². The van der Waals surface area contributed by atoms with E-state index in [0.717, 1.165) is 5.92 Å². The van der Waals surface area contributed by atoms with E-state index in [9.17, 15) is 0 Å². The average molecular weight is 238 g/mol. The molecule has 2 N–H and O–H groups in total. The summed E-state index contributed by atoms with van der Waals surface area (Å²) in [6.45, 7) is 4.23. The molecule has 0 saturated heterocycles. The van der Waals surface area contributed by atoms with Crippen molar-refractivity contribution in [3.63, 3.8) is 0 Å². The van der Waals surface area contributed by atoms with Crippen molar-refractivity contribution in [3.05, 3.63) is 0 Å². The van der Waals surface area contributed by atoms with Crippen molar-refractivity contribution in [2.75, 3.05) is 0 Å². The van der Waals surface area contributed by atoms with Crippen molar-refractivity contribution in [1.82, 2.24) is 0 Å². The molecule has 0 aromatic carbocycles. The van der Waals surface area contributed by atoms with Crippen LogP contribution in [0.4, 0.5) is 0 Å². The summed E-state index contributed by atoms with van der Waals surface area (Å²) in [7, 11) is 0. The first-order valence-electron chi connectivity index (χ1n) is 5.00. The normalized spacial score (nSPS) is 29.9. The van der Waals surface area contributed by atoms with E-state index >= 15 is 0 Å². The van der Waals surface area contributed by atoms with Gasteiger partial charge in [-0.25, -0.2) is 0 Å². The molecular formula is C9H20ClN3S. The monoisotopic (exact) mass is 237 g/mol. The summed E-state index contributed by atoms with van der Waals surface area (Å²) in [5.74, 6) is 0.882. The van der Waals surface area contributed by atoms with Crippen LogP contribution in [-0.4, -0.2) is 11.4 Å². The fourth-order valence-corrected chi connectivity index (χ4v) is 1.86. The first-order chi connectivity index (χ1) is 6.18. The van der Waals surface area contributed by atoms with Gasteiger partial charge in [-0.2, -0.15) is 5.11 Å². The Morgan fingerprint density at radius 3 is 2.36 bits per heavy atom. The highest BCUT2D eigenvalue weighted by molar-refractivity contribution is 7.98. The first kappa shape index (κ1) is 14.2. The Kier molecular flexibility index (Phi) is 7.59. The molecule has 0 bridgehead atoms. The third kappa shape index (κ3) is 5.83. The first-order valence-corrected chi connectivity index (χ1v) is 5.83. The molecule has 0 aromatic heterocycles. The van der Waals surface area contributed by atoms with Gasteiger partial charge in [0.2, 0.25) is 0 Å². The highest BCUT2D eigenvalue weighted by Gasteiger charge is 2.17. The van der Waals surface area contributed by atoms with Crippen LogP contribution < -0.4 is 5.73 Å². The molecule has 5 heteroatoms. The molecule has 1 saturated carbocycles. The zero-order valence-electron chi connectivity index (χ0n) is 8.85. The number of hydrogen-bond acceptors (Lipinski definition) is 4. The smallest absolute Gasteiger partial charge is 0.0719 e. The molecule has 0 amide bonds. The lowest BCUT2D eigenvalue weighted by atomic mass is 9.88. The minimum absolute atomic E-state index is 0. The van der Waals surface area contributed by atoms with E-state index in [1.807, 2.05) is 6.92 Å². The molecule has 1 aliphatic rings. The molecule has 1 atom stereocenters. The predicted octanol–water partition coefficient (Wildman–Crippen LogP) is 3.39. The number of hydrogen-bond donors (Lipinski definition) is 1. The molecule has 84 valence electrons. The van der Waals surface area contributed by atoms with Crippen molar-refractivity contribution in [2.24, 2.45) is 21.3 Å². The average Bonchev–Trinajstić information content (AvgIpc) is 2.08. The lowest BCUT2D eigenvalue weighted by molar-refractivity contribution is 0.344. The Bertz CT molecular complexity index is 167. The highest BCUT2D eigenvalue weighted by atomic mass is 35.5. The van der Waals surface area contributed by atoms with Gasteiger partial charge < -0.3 is 5.73 Å². The van der Waals surface area contributed by atoms with Crippen molar-refractivity contribution < 1.29 is 0 Å². The number of halogens is 1. The number of nitrogens with two attached hydrogens (primary N) is 1. The van der Waals surface area contributed by atoms with Crippen LogP contribution in [0.1, 0.15) is 39.5 Å². The SMILES string of the molecule is CC1CCC(N=NSC(C)N)CC1.Cl. The van der Waals surface area contributed by atoms with Gasteiger partial charge in [0.15, 0.2) is 0 Å². The van der Waals surface area contributed by atoms with E-state index in [-0.39, 0.29) is 17.8 Å².